The van der Waals surface area contributed by atoms with Gasteiger partial charge in [0, 0.05) is 6.07 Å². The van der Waals surface area contributed by atoms with Crippen molar-refractivity contribution in [3.05, 3.63) is 29.6 Å². The van der Waals surface area contributed by atoms with E-state index >= 15 is 0 Å². The third kappa shape index (κ3) is 3.55. The Balaban J connectivity index is 2.79. The van der Waals surface area contributed by atoms with Gasteiger partial charge < -0.3 is 9.47 Å². The van der Waals surface area contributed by atoms with Crippen molar-refractivity contribution in [2.75, 3.05) is 13.7 Å². The lowest BCUT2D eigenvalue weighted by Gasteiger charge is -2.05. The Labute approximate surface area is 98.3 Å². The van der Waals surface area contributed by atoms with Crippen LogP contribution in [0.25, 0.3) is 0 Å². The predicted octanol–water partition coefficient (Wildman–Crippen LogP) is 1.97. The Morgan fingerprint density at radius 2 is 2.06 bits per heavy atom. The van der Waals surface area contributed by atoms with Gasteiger partial charge in [0.05, 0.1) is 19.3 Å². The number of Topliss-reactive ketones (excluding diaryl/α,β-unsaturated/α-hetero) is 1. The molecule has 0 unspecified atom stereocenters. The molecule has 1 aromatic rings. The predicted molar refractivity (Wildman–Crippen MR) is 58.5 cm³/mol. The van der Waals surface area contributed by atoms with Crippen molar-refractivity contribution in [2.24, 2.45) is 0 Å². The second kappa shape index (κ2) is 5.98. The summed E-state index contributed by atoms with van der Waals surface area (Å²) in [7, 11) is 1.40. The van der Waals surface area contributed by atoms with Gasteiger partial charge in [0.1, 0.15) is 18.0 Å². The van der Waals surface area contributed by atoms with E-state index in [1.165, 1.54) is 19.2 Å². The molecular weight excluding hydrogens is 227 g/mol. The lowest BCUT2D eigenvalue weighted by molar-refractivity contribution is -0.141. The Hall–Kier alpha value is -1.91. The number of hydrogen-bond donors (Lipinski definition) is 0. The van der Waals surface area contributed by atoms with E-state index in [0.717, 1.165) is 6.07 Å². The Bertz CT molecular complexity index is 429. The highest BCUT2D eigenvalue weighted by Gasteiger charge is 2.16. The van der Waals surface area contributed by atoms with Gasteiger partial charge in [-0.05, 0) is 19.1 Å². The molecule has 0 N–H and O–H groups in total. The first-order chi connectivity index (χ1) is 8.08. The van der Waals surface area contributed by atoms with Crippen molar-refractivity contribution < 1.29 is 23.5 Å². The molecule has 0 radical (unpaired) electrons. The van der Waals surface area contributed by atoms with Crippen LogP contribution in [0.15, 0.2) is 18.2 Å². The summed E-state index contributed by atoms with van der Waals surface area (Å²) >= 11 is 0. The van der Waals surface area contributed by atoms with Gasteiger partial charge in [-0.2, -0.15) is 0 Å². The maximum absolute atomic E-state index is 13.5. The van der Waals surface area contributed by atoms with Gasteiger partial charge in [0.25, 0.3) is 0 Å². The summed E-state index contributed by atoms with van der Waals surface area (Å²) in [4.78, 5) is 22.6. The molecule has 0 aliphatic carbocycles. The van der Waals surface area contributed by atoms with Crippen molar-refractivity contribution in [1.82, 2.24) is 0 Å². The molecule has 5 heteroatoms. The largest absolute Gasteiger partial charge is 0.497 e. The topological polar surface area (TPSA) is 52.6 Å². The number of ketones is 1. The molecule has 0 aliphatic rings. The van der Waals surface area contributed by atoms with Crippen LogP contribution < -0.4 is 4.74 Å². The number of methoxy groups -OCH3 is 1. The van der Waals surface area contributed by atoms with E-state index in [-0.39, 0.29) is 12.2 Å². The van der Waals surface area contributed by atoms with Crippen LogP contribution in [0.2, 0.25) is 0 Å². The first kappa shape index (κ1) is 13.2. The van der Waals surface area contributed by atoms with Gasteiger partial charge in [0.15, 0.2) is 5.78 Å². The van der Waals surface area contributed by atoms with Gasteiger partial charge in [-0.15, -0.1) is 0 Å². The number of rotatable bonds is 5. The van der Waals surface area contributed by atoms with E-state index in [0.29, 0.717) is 5.75 Å². The summed E-state index contributed by atoms with van der Waals surface area (Å²) in [6.07, 6.45) is -0.461. The molecule has 0 fully saturated rings. The minimum atomic E-state index is -0.710. The van der Waals surface area contributed by atoms with Crippen molar-refractivity contribution in [1.29, 1.82) is 0 Å². The third-order valence-corrected chi connectivity index (χ3v) is 2.09. The number of carbonyl (C=O) groups is 2. The van der Waals surface area contributed by atoms with E-state index in [4.69, 9.17) is 4.74 Å². The molecule has 0 spiro atoms. The first-order valence-electron chi connectivity index (χ1n) is 5.10. The van der Waals surface area contributed by atoms with Gasteiger partial charge in [-0.1, -0.05) is 0 Å². The quantitative estimate of drug-likeness (QED) is 0.448. The Morgan fingerprint density at radius 1 is 1.35 bits per heavy atom. The molecule has 0 aromatic heterocycles. The molecule has 1 aromatic carbocycles. The summed E-state index contributed by atoms with van der Waals surface area (Å²) in [6.45, 7) is 1.83. The van der Waals surface area contributed by atoms with Crippen LogP contribution in [0.5, 0.6) is 5.75 Å². The fraction of sp³-hybridized carbons (Fsp3) is 0.333. The van der Waals surface area contributed by atoms with Crippen LogP contribution in [0.4, 0.5) is 4.39 Å². The van der Waals surface area contributed by atoms with Crippen LogP contribution >= 0.6 is 0 Å². The molecule has 17 heavy (non-hydrogen) atoms. The maximum Gasteiger partial charge on any atom is 0.313 e. The van der Waals surface area contributed by atoms with Crippen molar-refractivity contribution >= 4 is 11.8 Å². The molecule has 0 heterocycles. The monoisotopic (exact) mass is 240 g/mol. The highest BCUT2D eigenvalue weighted by molar-refractivity contribution is 6.06. The van der Waals surface area contributed by atoms with Crippen LogP contribution in [0.3, 0.4) is 0 Å². The third-order valence-electron chi connectivity index (χ3n) is 2.09. The number of esters is 1. The van der Waals surface area contributed by atoms with E-state index < -0.39 is 24.0 Å². The molecule has 0 bridgehead atoms. The van der Waals surface area contributed by atoms with Gasteiger partial charge >= 0.3 is 5.97 Å². The number of carbonyl (C=O) groups excluding carboxylic acids is 2. The normalized spacial score (nSPS) is 9.82. The second-order valence-electron chi connectivity index (χ2n) is 3.25. The Kier molecular flexibility index (Phi) is 4.63. The average molecular weight is 240 g/mol. The lowest BCUT2D eigenvalue weighted by atomic mass is 10.1. The molecular formula is C12H13FO4. The first-order valence-corrected chi connectivity index (χ1v) is 5.10. The standard InChI is InChI=1S/C12H13FO4/c1-3-17-12(15)7-11(14)9-5-4-8(16-2)6-10(9)13/h4-6H,3,7H2,1-2H3. The maximum atomic E-state index is 13.5. The zero-order chi connectivity index (χ0) is 12.8. The lowest BCUT2D eigenvalue weighted by Crippen LogP contribution is -2.12. The van der Waals surface area contributed by atoms with Gasteiger partial charge in [0.2, 0.25) is 0 Å². The van der Waals surface area contributed by atoms with Crippen LogP contribution in [-0.2, 0) is 9.53 Å². The highest BCUT2D eigenvalue weighted by Crippen LogP contribution is 2.17. The minimum Gasteiger partial charge on any atom is -0.497 e. The smallest absolute Gasteiger partial charge is 0.313 e. The number of halogens is 1. The zero-order valence-electron chi connectivity index (χ0n) is 9.66. The molecule has 0 amide bonds. The van der Waals surface area contributed by atoms with Crippen LogP contribution in [0.1, 0.15) is 23.7 Å². The summed E-state index contributed by atoms with van der Waals surface area (Å²) in [5.74, 6) is -1.66. The number of hydrogen-bond acceptors (Lipinski definition) is 4. The van der Waals surface area contributed by atoms with Crippen LogP contribution in [0, 0.1) is 5.82 Å². The van der Waals surface area contributed by atoms with E-state index in [2.05, 4.69) is 4.74 Å². The van der Waals surface area contributed by atoms with E-state index in [9.17, 15) is 14.0 Å². The van der Waals surface area contributed by atoms with Crippen molar-refractivity contribution in [2.45, 2.75) is 13.3 Å². The summed E-state index contributed by atoms with van der Waals surface area (Å²) in [6, 6.07) is 3.84. The molecule has 4 nitrogen and oxygen atoms in total. The molecule has 0 saturated heterocycles. The van der Waals surface area contributed by atoms with Crippen molar-refractivity contribution in [3.8, 4) is 5.75 Å². The van der Waals surface area contributed by atoms with Crippen molar-refractivity contribution in [3.63, 3.8) is 0 Å². The highest BCUT2D eigenvalue weighted by atomic mass is 19.1. The molecule has 0 saturated carbocycles. The Morgan fingerprint density at radius 3 is 2.59 bits per heavy atom. The summed E-state index contributed by atoms with van der Waals surface area (Å²) in [5.41, 5.74) is -0.140. The SMILES string of the molecule is CCOC(=O)CC(=O)c1ccc(OC)cc1F. The summed E-state index contributed by atoms with van der Waals surface area (Å²) in [5, 5.41) is 0. The molecule has 0 atom stereocenters. The molecule has 1 rings (SSSR count). The van der Waals surface area contributed by atoms with Crippen LogP contribution in [-0.4, -0.2) is 25.5 Å². The van der Waals surface area contributed by atoms with Gasteiger partial charge in [-0.3, -0.25) is 9.59 Å². The zero-order valence-corrected chi connectivity index (χ0v) is 9.66. The number of ether oxygens (including phenoxy) is 2. The minimum absolute atomic E-state index is 0.140. The van der Waals surface area contributed by atoms with Gasteiger partial charge in [-0.25, -0.2) is 4.39 Å². The number of benzene rings is 1. The fourth-order valence-corrected chi connectivity index (χ4v) is 1.29. The fourth-order valence-electron chi connectivity index (χ4n) is 1.29. The van der Waals surface area contributed by atoms with E-state index in [1.807, 2.05) is 0 Å². The summed E-state index contributed by atoms with van der Waals surface area (Å²) < 4.78 is 22.9. The molecule has 0 aliphatic heterocycles. The second-order valence-corrected chi connectivity index (χ2v) is 3.25. The molecule has 92 valence electrons. The van der Waals surface area contributed by atoms with E-state index in [1.54, 1.807) is 6.92 Å². The average Bonchev–Trinajstić information content (AvgIpc) is 2.28.